The van der Waals surface area contributed by atoms with E-state index in [2.05, 4.69) is 12.2 Å². The van der Waals surface area contributed by atoms with E-state index in [0.717, 1.165) is 17.3 Å². The molecule has 0 bridgehead atoms. The van der Waals surface area contributed by atoms with Crippen LogP contribution in [0.1, 0.15) is 78.1 Å². The number of likely N-dealkylation sites (N-methyl/N-ethyl adjacent to an activating group) is 1. The summed E-state index contributed by atoms with van der Waals surface area (Å²) in [6, 6.07) is -0.884. The molecule has 0 aromatic carbocycles. The molecule has 2 heterocycles. The molecule has 0 aromatic heterocycles. The SMILES string of the molecule is CCCCCCCCCCCCSC1=NC2C(C(=O)NC(=O)N2C)N1C/C=C(/C)Cl. The number of hydrogen-bond acceptors (Lipinski definition) is 5. The molecule has 2 aliphatic heterocycles. The summed E-state index contributed by atoms with van der Waals surface area (Å²) >= 11 is 7.69. The van der Waals surface area contributed by atoms with Crippen molar-refractivity contribution < 1.29 is 9.59 Å². The maximum Gasteiger partial charge on any atom is 0.325 e. The number of imide groups is 1. The van der Waals surface area contributed by atoms with Crippen LogP contribution in [0.3, 0.4) is 0 Å². The first-order chi connectivity index (χ1) is 14.5. The van der Waals surface area contributed by atoms with E-state index in [1.54, 1.807) is 18.8 Å². The Labute approximate surface area is 190 Å². The molecule has 0 spiro atoms. The number of carbonyl (C=O) groups is 2. The molecule has 2 atom stereocenters. The van der Waals surface area contributed by atoms with Crippen molar-refractivity contribution in [2.45, 2.75) is 90.3 Å². The molecule has 6 nitrogen and oxygen atoms in total. The second kappa shape index (κ2) is 13.3. The topological polar surface area (TPSA) is 65.0 Å². The zero-order chi connectivity index (χ0) is 21.9. The van der Waals surface area contributed by atoms with E-state index in [1.165, 1.54) is 62.7 Å². The third-order valence-electron chi connectivity index (χ3n) is 5.62. The summed E-state index contributed by atoms with van der Waals surface area (Å²) in [6.45, 7) is 4.58. The van der Waals surface area contributed by atoms with E-state index in [-0.39, 0.29) is 5.91 Å². The second-order valence-corrected chi connectivity index (χ2v) is 9.81. The molecule has 0 aromatic rings. The van der Waals surface area contributed by atoms with Gasteiger partial charge in [-0.15, -0.1) is 0 Å². The fourth-order valence-corrected chi connectivity index (χ4v) is 4.93. The predicted molar refractivity (Wildman–Crippen MR) is 127 cm³/mol. The van der Waals surface area contributed by atoms with Crippen molar-refractivity contribution in [1.82, 2.24) is 15.1 Å². The number of amides is 3. The minimum Gasteiger partial charge on any atom is -0.332 e. The van der Waals surface area contributed by atoms with E-state index >= 15 is 0 Å². The van der Waals surface area contributed by atoms with Gasteiger partial charge in [-0.3, -0.25) is 10.1 Å². The third-order valence-corrected chi connectivity index (χ3v) is 6.87. The molecule has 2 rings (SSSR count). The third kappa shape index (κ3) is 7.49. The predicted octanol–water partition coefficient (Wildman–Crippen LogP) is 5.33. The highest BCUT2D eigenvalue weighted by molar-refractivity contribution is 8.13. The van der Waals surface area contributed by atoms with Gasteiger partial charge in [-0.1, -0.05) is 94.1 Å². The summed E-state index contributed by atoms with van der Waals surface area (Å²) < 4.78 is 0. The first-order valence-corrected chi connectivity index (χ1v) is 12.7. The molecule has 8 heteroatoms. The maximum absolute atomic E-state index is 12.5. The van der Waals surface area contributed by atoms with Crippen LogP contribution in [0.2, 0.25) is 0 Å². The van der Waals surface area contributed by atoms with Gasteiger partial charge >= 0.3 is 6.03 Å². The number of carbonyl (C=O) groups excluding carboxylic acids is 2. The first kappa shape index (κ1) is 25.1. The largest absolute Gasteiger partial charge is 0.332 e. The van der Waals surface area contributed by atoms with Gasteiger partial charge in [-0.2, -0.15) is 0 Å². The maximum atomic E-state index is 12.5. The number of halogens is 1. The Morgan fingerprint density at radius 3 is 2.30 bits per heavy atom. The minimum absolute atomic E-state index is 0.290. The Kier molecular flexibility index (Phi) is 11.1. The highest BCUT2D eigenvalue weighted by Gasteiger charge is 2.48. The van der Waals surface area contributed by atoms with E-state index in [1.807, 2.05) is 17.9 Å². The molecule has 2 aliphatic rings. The standard InChI is InChI=1S/C22H37ClN4O2S/c1-4-5-6-7-8-9-10-11-12-13-16-30-22-24-19-18(27(22)15-14-17(2)23)20(28)25-21(29)26(19)3/h14,18-19H,4-13,15-16H2,1-3H3,(H,25,28,29)/b17-14-. The number of urea groups is 1. The van der Waals surface area contributed by atoms with Crippen LogP contribution >= 0.6 is 23.4 Å². The summed E-state index contributed by atoms with van der Waals surface area (Å²) in [5.41, 5.74) is 0. The van der Waals surface area contributed by atoms with Gasteiger partial charge in [-0.05, 0) is 13.3 Å². The van der Waals surface area contributed by atoms with Gasteiger partial charge in [0.1, 0.15) is 0 Å². The molecule has 0 saturated carbocycles. The van der Waals surface area contributed by atoms with Crippen LogP contribution in [0.4, 0.5) is 4.79 Å². The Morgan fingerprint density at radius 1 is 1.10 bits per heavy atom. The number of fused-ring (bicyclic) bond motifs is 1. The molecule has 1 N–H and O–H groups in total. The summed E-state index contributed by atoms with van der Waals surface area (Å²) in [4.78, 5) is 32.6. The van der Waals surface area contributed by atoms with Crippen LogP contribution in [0.5, 0.6) is 0 Å². The molecule has 1 saturated heterocycles. The Bertz CT molecular complexity index is 637. The number of aliphatic imine (C=N–C) groups is 1. The number of allylic oxidation sites excluding steroid dienone is 1. The molecule has 3 amide bonds. The van der Waals surface area contributed by atoms with Crippen LogP contribution in [0, 0.1) is 0 Å². The summed E-state index contributed by atoms with van der Waals surface area (Å²) in [6.07, 6.45) is 14.5. The van der Waals surface area contributed by atoms with Crippen LogP contribution in [0.15, 0.2) is 16.1 Å². The number of amidine groups is 1. The molecule has 170 valence electrons. The van der Waals surface area contributed by atoms with Gasteiger partial charge in [-0.25, -0.2) is 9.79 Å². The number of thioether (sulfide) groups is 1. The van der Waals surface area contributed by atoms with Crippen molar-refractivity contribution in [3.05, 3.63) is 11.1 Å². The van der Waals surface area contributed by atoms with Crippen molar-refractivity contribution in [2.24, 2.45) is 4.99 Å². The zero-order valence-corrected chi connectivity index (χ0v) is 20.2. The number of nitrogens with one attached hydrogen (secondary N) is 1. The Balaban J connectivity index is 1.76. The van der Waals surface area contributed by atoms with Crippen LogP contribution < -0.4 is 5.32 Å². The number of unbranched alkanes of at least 4 members (excludes halogenated alkanes) is 9. The molecular weight excluding hydrogens is 420 g/mol. The molecule has 2 unspecified atom stereocenters. The quantitative estimate of drug-likeness (QED) is 0.380. The van der Waals surface area contributed by atoms with Crippen molar-refractivity contribution in [1.29, 1.82) is 0 Å². The highest BCUT2D eigenvalue weighted by atomic mass is 35.5. The normalized spacial score (nSPS) is 21.7. The van der Waals surface area contributed by atoms with Crippen LogP contribution in [0.25, 0.3) is 0 Å². The average molecular weight is 457 g/mol. The molecular formula is C22H37ClN4O2S. The molecule has 0 aliphatic carbocycles. The Hall–Kier alpha value is -1.21. The van der Waals surface area contributed by atoms with Crippen molar-refractivity contribution in [3.8, 4) is 0 Å². The lowest BCUT2D eigenvalue weighted by Crippen LogP contribution is -2.63. The van der Waals surface area contributed by atoms with Gasteiger partial charge in [0.05, 0.1) is 0 Å². The van der Waals surface area contributed by atoms with E-state index < -0.39 is 18.2 Å². The lowest BCUT2D eigenvalue weighted by Gasteiger charge is -2.35. The molecule has 30 heavy (non-hydrogen) atoms. The number of rotatable bonds is 13. The smallest absolute Gasteiger partial charge is 0.325 e. The van der Waals surface area contributed by atoms with Crippen molar-refractivity contribution in [3.63, 3.8) is 0 Å². The summed E-state index contributed by atoms with van der Waals surface area (Å²) in [7, 11) is 1.68. The van der Waals surface area contributed by atoms with Gasteiger partial charge < -0.3 is 9.80 Å². The number of nitrogens with zero attached hydrogens (tertiary/aromatic N) is 3. The lowest BCUT2D eigenvalue weighted by molar-refractivity contribution is -0.126. The molecule has 1 fully saturated rings. The van der Waals surface area contributed by atoms with E-state index in [0.29, 0.717) is 11.6 Å². The van der Waals surface area contributed by atoms with Crippen LogP contribution in [-0.4, -0.2) is 58.5 Å². The average Bonchev–Trinajstić information content (AvgIpc) is 3.08. The Morgan fingerprint density at radius 2 is 1.70 bits per heavy atom. The van der Waals surface area contributed by atoms with Crippen LogP contribution in [-0.2, 0) is 4.79 Å². The van der Waals surface area contributed by atoms with Gasteiger partial charge in [0.25, 0.3) is 5.91 Å². The molecule has 0 radical (unpaired) electrons. The summed E-state index contributed by atoms with van der Waals surface area (Å²) in [5.74, 6) is 0.677. The van der Waals surface area contributed by atoms with Crippen molar-refractivity contribution >= 4 is 40.5 Å². The van der Waals surface area contributed by atoms with Gasteiger partial charge in [0.15, 0.2) is 17.4 Å². The fraction of sp³-hybridized carbons (Fsp3) is 0.773. The van der Waals surface area contributed by atoms with Gasteiger partial charge in [0, 0.05) is 24.4 Å². The van der Waals surface area contributed by atoms with E-state index in [9.17, 15) is 9.59 Å². The second-order valence-electron chi connectivity index (χ2n) is 8.15. The minimum atomic E-state index is -0.491. The monoisotopic (exact) mass is 456 g/mol. The van der Waals surface area contributed by atoms with E-state index in [4.69, 9.17) is 16.6 Å². The highest BCUT2D eigenvalue weighted by Crippen LogP contribution is 2.29. The number of hydrogen-bond donors (Lipinski definition) is 1. The van der Waals surface area contributed by atoms with Crippen molar-refractivity contribution in [2.75, 3.05) is 19.3 Å². The zero-order valence-electron chi connectivity index (χ0n) is 18.7. The fourth-order valence-electron chi connectivity index (χ4n) is 3.79. The van der Waals surface area contributed by atoms with Gasteiger partial charge in [0.2, 0.25) is 0 Å². The first-order valence-electron chi connectivity index (χ1n) is 11.3. The summed E-state index contributed by atoms with van der Waals surface area (Å²) in [5, 5.41) is 3.93. The lowest BCUT2D eigenvalue weighted by atomic mass is 10.1.